The van der Waals surface area contributed by atoms with E-state index in [1.54, 1.807) is 12.1 Å². The maximum absolute atomic E-state index is 11.3. The normalized spacial score (nSPS) is 15.5. The molecule has 1 aromatic rings. The minimum Gasteiger partial charge on any atom is -0.366 e. The SMILES string of the molecule is CC(=O)c1ccc(N(C)C2CCCC2)c([N+](=O)[O-])c1. The van der Waals surface area contributed by atoms with E-state index in [0.29, 0.717) is 17.3 Å². The van der Waals surface area contributed by atoms with Gasteiger partial charge in [-0.05, 0) is 31.9 Å². The molecule has 1 fully saturated rings. The molecule has 0 saturated heterocycles. The first-order valence-corrected chi connectivity index (χ1v) is 6.53. The van der Waals surface area contributed by atoms with Crippen LogP contribution in [0.4, 0.5) is 11.4 Å². The highest BCUT2D eigenvalue weighted by Gasteiger charge is 2.25. The summed E-state index contributed by atoms with van der Waals surface area (Å²) in [6.45, 7) is 1.42. The van der Waals surface area contributed by atoms with Gasteiger partial charge in [0.2, 0.25) is 0 Å². The van der Waals surface area contributed by atoms with Crippen LogP contribution in [0.2, 0.25) is 0 Å². The Morgan fingerprint density at radius 3 is 2.53 bits per heavy atom. The topological polar surface area (TPSA) is 63.5 Å². The summed E-state index contributed by atoms with van der Waals surface area (Å²) in [5.41, 5.74) is 0.999. The van der Waals surface area contributed by atoms with Gasteiger partial charge in [-0.2, -0.15) is 0 Å². The Morgan fingerprint density at radius 1 is 1.37 bits per heavy atom. The van der Waals surface area contributed by atoms with E-state index in [-0.39, 0.29) is 11.5 Å². The number of Topliss-reactive ketones (excluding diaryl/α,β-unsaturated/α-hetero) is 1. The van der Waals surface area contributed by atoms with Gasteiger partial charge in [0.05, 0.1) is 4.92 Å². The second kappa shape index (κ2) is 5.38. The molecule has 19 heavy (non-hydrogen) atoms. The van der Waals surface area contributed by atoms with Crippen LogP contribution >= 0.6 is 0 Å². The van der Waals surface area contributed by atoms with Crippen molar-refractivity contribution >= 4 is 17.2 Å². The van der Waals surface area contributed by atoms with Gasteiger partial charge in [-0.25, -0.2) is 0 Å². The second-order valence-corrected chi connectivity index (χ2v) is 5.07. The molecule has 0 heterocycles. The summed E-state index contributed by atoms with van der Waals surface area (Å²) in [5.74, 6) is -0.154. The first kappa shape index (κ1) is 13.5. The Hall–Kier alpha value is -1.91. The molecule has 0 N–H and O–H groups in total. The number of hydrogen-bond acceptors (Lipinski definition) is 4. The van der Waals surface area contributed by atoms with Crippen LogP contribution in [0, 0.1) is 10.1 Å². The molecule has 0 spiro atoms. The van der Waals surface area contributed by atoms with Crippen LogP contribution in [-0.4, -0.2) is 23.8 Å². The molecule has 1 aliphatic carbocycles. The van der Waals surface area contributed by atoms with Gasteiger partial charge in [0.1, 0.15) is 5.69 Å². The molecule has 2 rings (SSSR count). The molecule has 1 saturated carbocycles. The van der Waals surface area contributed by atoms with Crippen molar-refractivity contribution in [3.05, 3.63) is 33.9 Å². The number of ketones is 1. The molecule has 102 valence electrons. The fourth-order valence-corrected chi connectivity index (χ4v) is 2.68. The van der Waals surface area contributed by atoms with Crippen molar-refractivity contribution in [2.45, 2.75) is 38.6 Å². The number of nitro groups is 1. The highest BCUT2D eigenvalue weighted by atomic mass is 16.6. The fraction of sp³-hybridized carbons (Fsp3) is 0.500. The smallest absolute Gasteiger partial charge is 0.293 e. The van der Waals surface area contributed by atoms with Crippen molar-refractivity contribution in [3.63, 3.8) is 0 Å². The van der Waals surface area contributed by atoms with Gasteiger partial charge in [0.15, 0.2) is 5.78 Å². The van der Waals surface area contributed by atoms with Gasteiger partial charge >= 0.3 is 0 Å². The quantitative estimate of drug-likeness (QED) is 0.475. The van der Waals surface area contributed by atoms with Gasteiger partial charge in [0, 0.05) is 24.7 Å². The number of carbonyl (C=O) groups excluding carboxylic acids is 1. The maximum Gasteiger partial charge on any atom is 0.293 e. The van der Waals surface area contributed by atoms with Gasteiger partial charge in [0.25, 0.3) is 5.69 Å². The van der Waals surface area contributed by atoms with Crippen molar-refractivity contribution in [2.24, 2.45) is 0 Å². The van der Waals surface area contributed by atoms with Crippen LogP contribution in [0.5, 0.6) is 0 Å². The number of benzene rings is 1. The summed E-state index contributed by atoms with van der Waals surface area (Å²) >= 11 is 0. The van der Waals surface area contributed by atoms with Crippen LogP contribution in [0.15, 0.2) is 18.2 Å². The third kappa shape index (κ3) is 2.75. The Balaban J connectivity index is 2.38. The number of carbonyl (C=O) groups is 1. The first-order chi connectivity index (χ1) is 9.00. The van der Waals surface area contributed by atoms with Crippen molar-refractivity contribution < 1.29 is 9.72 Å². The monoisotopic (exact) mass is 262 g/mol. The van der Waals surface area contributed by atoms with Crippen molar-refractivity contribution in [1.29, 1.82) is 0 Å². The lowest BCUT2D eigenvalue weighted by Gasteiger charge is -2.26. The molecule has 1 aliphatic rings. The van der Waals surface area contributed by atoms with Crippen molar-refractivity contribution in [3.8, 4) is 0 Å². The largest absolute Gasteiger partial charge is 0.366 e. The lowest BCUT2D eigenvalue weighted by Crippen LogP contribution is -2.29. The van der Waals surface area contributed by atoms with E-state index in [9.17, 15) is 14.9 Å². The fourth-order valence-electron chi connectivity index (χ4n) is 2.68. The van der Waals surface area contributed by atoms with Crippen LogP contribution in [-0.2, 0) is 0 Å². The van der Waals surface area contributed by atoms with E-state index in [4.69, 9.17) is 0 Å². The Kier molecular flexibility index (Phi) is 3.83. The standard InChI is InChI=1S/C14H18N2O3/c1-10(17)11-7-8-13(14(9-11)16(18)19)15(2)12-5-3-4-6-12/h7-9,12H,3-6H2,1-2H3. The van der Waals surface area contributed by atoms with Crippen molar-refractivity contribution in [2.75, 3.05) is 11.9 Å². The molecule has 5 heteroatoms. The molecule has 5 nitrogen and oxygen atoms in total. The summed E-state index contributed by atoms with van der Waals surface area (Å²) in [6.07, 6.45) is 4.49. The van der Waals surface area contributed by atoms with Crippen LogP contribution in [0.25, 0.3) is 0 Å². The van der Waals surface area contributed by atoms with E-state index in [1.807, 2.05) is 11.9 Å². The van der Waals surface area contributed by atoms with Crippen LogP contribution < -0.4 is 4.90 Å². The molecule has 0 atom stereocenters. The third-order valence-corrected chi connectivity index (χ3v) is 3.83. The first-order valence-electron chi connectivity index (χ1n) is 6.53. The van der Waals surface area contributed by atoms with Gasteiger partial charge in [-0.1, -0.05) is 12.8 Å². The average molecular weight is 262 g/mol. The number of nitrogens with zero attached hydrogens (tertiary/aromatic N) is 2. The van der Waals surface area contributed by atoms with Gasteiger partial charge in [-0.3, -0.25) is 14.9 Å². The molecule has 0 aliphatic heterocycles. The van der Waals surface area contributed by atoms with E-state index >= 15 is 0 Å². The zero-order valence-electron chi connectivity index (χ0n) is 11.3. The Morgan fingerprint density at radius 2 is 2.00 bits per heavy atom. The Labute approximate surface area is 112 Å². The van der Waals surface area contributed by atoms with Crippen LogP contribution in [0.1, 0.15) is 43.0 Å². The highest BCUT2D eigenvalue weighted by molar-refractivity contribution is 5.95. The number of hydrogen-bond donors (Lipinski definition) is 0. The third-order valence-electron chi connectivity index (χ3n) is 3.83. The number of nitro benzene ring substituents is 1. The summed E-state index contributed by atoms with van der Waals surface area (Å²) in [7, 11) is 1.89. The van der Waals surface area contributed by atoms with Gasteiger partial charge < -0.3 is 4.90 Å². The molecular weight excluding hydrogens is 244 g/mol. The zero-order chi connectivity index (χ0) is 14.0. The summed E-state index contributed by atoms with van der Waals surface area (Å²) in [5, 5.41) is 11.2. The van der Waals surface area contributed by atoms with Crippen LogP contribution in [0.3, 0.4) is 0 Å². The number of rotatable bonds is 4. The minimum absolute atomic E-state index is 0.0158. The molecule has 0 bridgehead atoms. The predicted octanol–water partition coefficient (Wildman–Crippen LogP) is 3.18. The summed E-state index contributed by atoms with van der Waals surface area (Å²) in [4.78, 5) is 24.1. The average Bonchev–Trinajstić information content (AvgIpc) is 2.90. The lowest BCUT2D eigenvalue weighted by molar-refractivity contribution is -0.384. The molecule has 0 unspecified atom stereocenters. The molecular formula is C14H18N2O3. The van der Waals surface area contributed by atoms with Crippen molar-refractivity contribution in [1.82, 2.24) is 0 Å². The zero-order valence-corrected chi connectivity index (χ0v) is 11.3. The van der Waals surface area contributed by atoms with E-state index in [1.165, 1.54) is 25.8 Å². The molecule has 0 aromatic heterocycles. The highest BCUT2D eigenvalue weighted by Crippen LogP contribution is 2.33. The van der Waals surface area contributed by atoms with E-state index < -0.39 is 4.92 Å². The molecule has 0 amide bonds. The van der Waals surface area contributed by atoms with Gasteiger partial charge in [-0.15, -0.1) is 0 Å². The summed E-state index contributed by atoms with van der Waals surface area (Å²) < 4.78 is 0. The molecule has 0 radical (unpaired) electrons. The lowest BCUT2D eigenvalue weighted by atomic mass is 10.1. The summed E-state index contributed by atoms with van der Waals surface area (Å²) in [6, 6.07) is 5.09. The molecule has 1 aromatic carbocycles. The Bertz CT molecular complexity index is 507. The predicted molar refractivity (Wildman–Crippen MR) is 73.8 cm³/mol. The maximum atomic E-state index is 11.3. The minimum atomic E-state index is -0.409. The van der Waals surface area contributed by atoms with E-state index in [0.717, 1.165) is 12.8 Å². The second-order valence-electron chi connectivity index (χ2n) is 5.07. The number of anilines is 1. The van der Waals surface area contributed by atoms with E-state index in [2.05, 4.69) is 0 Å².